The highest BCUT2D eigenvalue weighted by Gasteiger charge is 2.26. The standard InChI is InChI=1S/C22H28O6S2/c1-17-3-11-21(12-4-17)29(23,24)27-15-19-7-9-20(10-8-19)16-28-30(25,26)22-13-5-18(2)6-14-22/h3-6,11-14,19-20H,7-10,15-16H2,1-2H3. The van der Waals surface area contributed by atoms with Crippen LogP contribution in [0.25, 0.3) is 0 Å². The summed E-state index contributed by atoms with van der Waals surface area (Å²) in [5.74, 6) is 0.269. The van der Waals surface area contributed by atoms with Crippen LogP contribution in [-0.4, -0.2) is 30.0 Å². The number of rotatable bonds is 8. The van der Waals surface area contributed by atoms with E-state index in [0.717, 1.165) is 36.8 Å². The summed E-state index contributed by atoms with van der Waals surface area (Å²) in [6, 6.07) is 13.2. The van der Waals surface area contributed by atoms with Crippen molar-refractivity contribution in [2.24, 2.45) is 11.8 Å². The number of aryl methyl sites for hydroxylation is 2. The molecule has 0 amide bonds. The Hall–Kier alpha value is -1.74. The summed E-state index contributed by atoms with van der Waals surface area (Å²) < 4.78 is 59.8. The number of benzene rings is 2. The lowest BCUT2D eigenvalue weighted by atomic mass is 9.83. The van der Waals surface area contributed by atoms with Crippen molar-refractivity contribution < 1.29 is 25.2 Å². The lowest BCUT2D eigenvalue weighted by Gasteiger charge is -2.27. The van der Waals surface area contributed by atoms with Gasteiger partial charge in [-0.15, -0.1) is 0 Å². The minimum Gasteiger partial charge on any atom is -0.266 e. The fourth-order valence-electron chi connectivity index (χ4n) is 3.48. The van der Waals surface area contributed by atoms with Crippen molar-refractivity contribution >= 4 is 20.2 Å². The van der Waals surface area contributed by atoms with Crippen molar-refractivity contribution in [1.29, 1.82) is 0 Å². The number of hydrogen-bond acceptors (Lipinski definition) is 6. The zero-order chi connectivity index (χ0) is 21.8. The van der Waals surface area contributed by atoms with Gasteiger partial charge in [0.2, 0.25) is 0 Å². The molecule has 30 heavy (non-hydrogen) atoms. The molecule has 0 unspecified atom stereocenters. The molecule has 0 bridgehead atoms. The molecule has 0 aliphatic heterocycles. The molecule has 0 radical (unpaired) electrons. The zero-order valence-electron chi connectivity index (χ0n) is 17.3. The molecular weight excluding hydrogens is 424 g/mol. The van der Waals surface area contributed by atoms with Crippen molar-refractivity contribution in [3.63, 3.8) is 0 Å². The molecule has 164 valence electrons. The maximum absolute atomic E-state index is 12.3. The Bertz CT molecular complexity index is 946. The summed E-state index contributed by atoms with van der Waals surface area (Å²) in [5, 5.41) is 0. The summed E-state index contributed by atoms with van der Waals surface area (Å²) in [6.45, 7) is 4.08. The molecule has 0 spiro atoms. The fraction of sp³-hybridized carbons (Fsp3) is 0.455. The first-order chi connectivity index (χ1) is 14.2. The topological polar surface area (TPSA) is 86.7 Å². The van der Waals surface area contributed by atoms with Gasteiger partial charge in [0.15, 0.2) is 0 Å². The van der Waals surface area contributed by atoms with Gasteiger partial charge < -0.3 is 0 Å². The second kappa shape index (κ2) is 9.60. The van der Waals surface area contributed by atoms with E-state index < -0.39 is 20.2 Å². The molecule has 0 saturated heterocycles. The van der Waals surface area contributed by atoms with Gasteiger partial charge in [0.1, 0.15) is 0 Å². The van der Waals surface area contributed by atoms with Crippen molar-refractivity contribution in [2.45, 2.75) is 49.3 Å². The van der Waals surface area contributed by atoms with Gasteiger partial charge in [-0.05, 0) is 75.6 Å². The summed E-state index contributed by atoms with van der Waals surface area (Å²) in [6.07, 6.45) is 3.12. The zero-order valence-corrected chi connectivity index (χ0v) is 18.9. The van der Waals surface area contributed by atoms with E-state index in [2.05, 4.69) is 0 Å². The van der Waals surface area contributed by atoms with E-state index in [-0.39, 0.29) is 34.8 Å². The Morgan fingerprint density at radius 1 is 0.633 bits per heavy atom. The van der Waals surface area contributed by atoms with Gasteiger partial charge in [-0.25, -0.2) is 0 Å². The van der Waals surface area contributed by atoms with Gasteiger partial charge in [-0.1, -0.05) is 35.4 Å². The monoisotopic (exact) mass is 452 g/mol. The fourth-order valence-corrected chi connectivity index (χ4v) is 5.44. The summed E-state index contributed by atoms with van der Waals surface area (Å²) >= 11 is 0. The van der Waals surface area contributed by atoms with E-state index in [1.54, 1.807) is 48.5 Å². The molecule has 0 aromatic heterocycles. The van der Waals surface area contributed by atoms with Crippen LogP contribution < -0.4 is 0 Å². The molecule has 1 aliphatic carbocycles. The van der Waals surface area contributed by atoms with Crippen LogP contribution >= 0.6 is 0 Å². The molecule has 1 aliphatic rings. The highest BCUT2D eigenvalue weighted by Crippen LogP contribution is 2.30. The Labute approximate surface area is 179 Å². The van der Waals surface area contributed by atoms with E-state index in [9.17, 15) is 16.8 Å². The van der Waals surface area contributed by atoms with Crippen LogP contribution in [0.1, 0.15) is 36.8 Å². The Balaban J connectivity index is 1.44. The molecule has 2 aromatic carbocycles. The quantitative estimate of drug-likeness (QED) is 0.558. The minimum atomic E-state index is -3.76. The average Bonchev–Trinajstić information content (AvgIpc) is 2.72. The van der Waals surface area contributed by atoms with Crippen molar-refractivity contribution in [3.8, 4) is 0 Å². The molecule has 8 heteroatoms. The van der Waals surface area contributed by atoms with Crippen molar-refractivity contribution in [2.75, 3.05) is 13.2 Å². The molecular formula is C22H28O6S2. The second-order valence-electron chi connectivity index (χ2n) is 7.99. The molecule has 0 atom stereocenters. The highest BCUT2D eigenvalue weighted by molar-refractivity contribution is 7.87. The minimum absolute atomic E-state index is 0.134. The van der Waals surface area contributed by atoms with Crippen LogP contribution in [0.5, 0.6) is 0 Å². The lowest BCUT2D eigenvalue weighted by molar-refractivity contribution is 0.153. The number of hydrogen-bond donors (Lipinski definition) is 0. The van der Waals surface area contributed by atoms with Gasteiger partial charge in [-0.2, -0.15) is 16.8 Å². The lowest BCUT2D eigenvalue weighted by Crippen LogP contribution is -2.24. The van der Waals surface area contributed by atoms with Crippen LogP contribution in [0.4, 0.5) is 0 Å². The van der Waals surface area contributed by atoms with Crippen LogP contribution in [0.2, 0.25) is 0 Å². The third kappa shape index (κ3) is 6.14. The second-order valence-corrected chi connectivity index (χ2v) is 11.2. The third-order valence-corrected chi connectivity index (χ3v) is 8.10. The molecule has 1 fully saturated rings. The largest absolute Gasteiger partial charge is 0.296 e. The van der Waals surface area contributed by atoms with Crippen LogP contribution in [0, 0.1) is 25.7 Å². The SMILES string of the molecule is Cc1ccc(S(=O)(=O)OCC2CCC(COS(=O)(=O)c3ccc(C)cc3)CC2)cc1. The molecule has 6 nitrogen and oxygen atoms in total. The predicted molar refractivity (Wildman–Crippen MR) is 114 cm³/mol. The summed E-state index contributed by atoms with van der Waals surface area (Å²) in [7, 11) is -7.51. The van der Waals surface area contributed by atoms with Crippen LogP contribution in [0.3, 0.4) is 0 Å². The maximum Gasteiger partial charge on any atom is 0.296 e. The summed E-state index contributed by atoms with van der Waals surface area (Å²) in [4.78, 5) is 0.327. The van der Waals surface area contributed by atoms with E-state index in [1.807, 2.05) is 13.8 Å². The smallest absolute Gasteiger partial charge is 0.266 e. The van der Waals surface area contributed by atoms with E-state index >= 15 is 0 Å². The van der Waals surface area contributed by atoms with Gasteiger partial charge in [0, 0.05) is 0 Å². The Kier molecular flexibility index (Phi) is 7.34. The molecule has 2 aromatic rings. The summed E-state index contributed by atoms with van der Waals surface area (Å²) in [5.41, 5.74) is 1.97. The first kappa shape index (κ1) is 22.9. The third-order valence-electron chi connectivity index (χ3n) is 5.50. The Morgan fingerprint density at radius 3 is 1.23 bits per heavy atom. The van der Waals surface area contributed by atoms with Gasteiger partial charge in [0.25, 0.3) is 20.2 Å². The van der Waals surface area contributed by atoms with E-state index in [1.165, 1.54) is 0 Å². The average molecular weight is 453 g/mol. The van der Waals surface area contributed by atoms with Crippen LogP contribution in [0.15, 0.2) is 58.3 Å². The highest BCUT2D eigenvalue weighted by atomic mass is 32.2. The van der Waals surface area contributed by atoms with Crippen molar-refractivity contribution in [1.82, 2.24) is 0 Å². The van der Waals surface area contributed by atoms with E-state index in [0.29, 0.717) is 0 Å². The normalized spacial score (nSPS) is 20.2. The predicted octanol–water partition coefficient (Wildman–Crippen LogP) is 4.22. The van der Waals surface area contributed by atoms with Gasteiger partial charge >= 0.3 is 0 Å². The van der Waals surface area contributed by atoms with Gasteiger partial charge in [0.05, 0.1) is 23.0 Å². The van der Waals surface area contributed by atoms with E-state index in [4.69, 9.17) is 8.37 Å². The van der Waals surface area contributed by atoms with Crippen LogP contribution in [-0.2, 0) is 28.6 Å². The maximum atomic E-state index is 12.3. The Morgan fingerprint density at radius 2 is 0.933 bits per heavy atom. The first-order valence-corrected chi connectivity index (χ1v) is 12.9. The molecule has 0 heterocycles. The molecule has 1 saturated carbocycles. The molecule has 0 N–H and O–H groups in total. The van der Waals surface area contributed by atoms with Gasteiger partial charge in [-0.3, -0.25) is 8.37 Å². The first-order valence-electron chi connectivity index (χ1n) is 10.1. The van der Waals surface area contributed by atoms with Crippen molar-refractivity contribution in [3.05, 3.63) is 59.7 Å². The molecule has 3 rings (SSSR count).